The molecule has 0 amide bonds. The lowest BCUT2D eigenvalue weighted by atomic mass is 10.1. The monoisotopic (exact) mass is 350 g/mol. The first-order valence-electron chi connectivity index (χ1n) is 8.27. The Bertz CT molecular complexity index is 835. The van der Waals surface area contributed by atoms with Crippen LogP contribution in [0.25, 0.3) is 0 Å². The van der Waals surface area contributed by atoms with E-state index in [1.54, 1.807) is 6.20 Å². The molecule has 0 spiro atoms. The van der Waals surface area contributed by atoms with Gasteiger partial charge in [-0.15, -0.1) is 0 Å². The van der Waals surface area contributed by atoms with E-state index in [0.717, 1.165) is 12.2 Å². The van der Waals surface area contributed by atoms with Crippen molar-refractivity contribution in [1.29, 1.82) is 0 Å². The number of aryl methyl sites for hydroxylation is 2. The van der Waals surface area contributed by atoms with E-state index in [9.17, 15) is 0 Å². The predicted molar refractivity (Wildman–Crippen MR) is 107 cm³/mol. The first-order valence-corrected chi connectivity index (χ1v) is 8.68. The predicted octanol–water partition coefficient (Wildman–Crippen LogP) is 4.03. The molecule has 128 valence electrons. The minimum atomic E-state index is 0.593. The van der Waals surface area contributed by atoms with Crippen molar-refractivity contribution in [2.45, 2.75) is 26.9 Å². The van der Waals surface area contributed by atoms with Crippen LogP contribution in [-0.2, 0) is 13.1 Å². The van der Waals surface area contributed by atoms with Crippen molar-refractivity contribution >= 4 is 23.0 Å². The van der Waals surface area contributed by atoms with Crippen LogP contribution in [0.5, 0.6) is 0 Å². The van der Waals surface area contributed by atoms with E-state index < -0.39 is 0 Å². The Labute approximate surface area is 153 Å². The molecular formula is C20H22N4S. The number of hydrogen-bond donors (Lipinski definition) is 2. The Morgan fingerprint density at radius 2 is 1.56 bits per heavy atom. The fraction of sp³-hybridized carbons (Fsp3) is 0.200. The van der Waals surface area contributed by atoms with Crippen molar-refractivity contribution < 1.29 is 0 Å². The Balaban J connectivity index is 1.51. The molecule has 0 aliphatic heterocycles. The Hall–Kier alpha value is -2.66. The molecule has 0 aliphatic carbocycles. The maximum absolute atomic E-state index is 5.35. The van der Waals surface area contributed by atoms with Crippen LogP contribution in [0.3, 0.4) is 0 Å². The number of thiocarbonyl (C=S) groups is 1. The van der Waals surface area contributed by atoms with E-state index in [0.29, 0.717) is 11.7 Å². The molecule has 3 rings (SSSR count). The van der Waals surface area contributed by atoms with Gasteiger partial charge in [-0.05, 0) is 37.2 Å². The third-order valence-corrected chi connectivity index (χ3v) is 4.18. The van der Waals surface area contributed by atoms with Crippen molar-refractivity contribution in [2.75, 3.05) is 5.32 Å². The minimum absolute atomic E-state index is 0.593. The zero-order valence-corrected chi connectivity index (χ0v) is 15.3. The highest BCUT2D eigenvalue weighted by molar-refractivity contribution is 7.80. The lowest BCUT2D eigenvalue weighted by Crippen LogP contribution is -2.27. The van der Waals surface area contributed by atoms with Gasteiger partial charge in [-0.2, -0.15) is 5.10 Å². The lowest BCUT2D eigenvalue weighted by molar-refractivity contribution is 0.687. The normalized spacial score (nSPS) is 10.5. The fourth-order valence-corrected chi connectivity index (χ4v) is 2.65. The Morgan fingerprint density at radius 3 is 2.20 bits per heavy atom. The molecule has 1 heterocycles. The van der Waals surface area contributed by atoms with Crippen molar-refractivity contribution in [2.24, 2.45) is 0 Å². The summed E-state index contributed by atoms with van der Waals surface area (Å²) in [6.07, 6.45) is 3.74. The first-order chi connectivity index (χ1) is 12.1. The standard InChI is InChI=1S/C20H22N4S/c1-15-3-7-17(8-4-15)11-21-20(25)23-19-12-22-24(14-19)13-18-9-5-16(2)6-10-18/h3-10,12,14H,11,13H2,1-2H3,(H2,21,23,25). The maximum Gasteiger partial charge on any atom is 0.171 e. The summed E-state index contributed by atoms with van der Waals surface area (Å²) in [6.45, 7) is 5.61. The molecule has 4 nitrogen and oxygen atoms in total. The van der Waals surface area contributed by atoms with Gasteiger partial charge in [-0.1, -0.05) is 59.7 Å². The van der Waals surface area contributed by atoms with E-state index in [2.05, 4.69) is 78.1 Å². The Kier molecular flexibility index (Phi) is 5.46. The van der Waals surface area contributed by atoms with Crippen LogP contribution < -0.4 is 10.6 Å². The van der Waals surface area contributed by atoms with E-state index in [4.69, 9.17) is 12.2 Å². The summed E-state index contributed by atoms with van der Waals surface area (Å²) in [5.41, 5.74) is 5.82. The third kappa shape index (κ3) is 5.16. The molecule has 2 aromatic carbocycles. The van der Waals surface area contributed by atoms with Crippen LogP contribution in [0.4, 0.5) is 5.69 Å². The fourth-order valence-electron chi connectivity index (χ4n) is 2.46. The van der Waals surface area contributed by atoms with Gasteiger partial charge in [0.2, 0.25) is 0 Å². The smallest absolute Gasteiger partial charge is 0.171 e. The van der Waals surface area contributed by atoms with Crippen LogP contribution in [-0.4, -0.2) is 14.9 Å². The van der Waals surface area contributed by atoms with Crippen molar-refractivity contribution in [3.8, 4) is 0 Å². The summed E-state index contributed by atoms with van der Waals surface area (Å²) in [6, 6.07) is 16.9. The van der Waals surface area contributed by atoms with Crippen molar-refractivity contribution in [1.82, 2.24) is 15.1 Å². The van der Waals surface area contributed by atoms with Gasteiger partial charge < -0.3 is 10.6 Å². The number of benzene rings is 2. The second-order valence-electron chi connectivity index (χ2n) is 6.21. The number of hydrogen-bond acceptors (Lipinski definition) is 2. The summed E-state index contributed by atoms with van der Waals surface area (Å²) < 4.78 is 1.90. The van der Waals surface area contributed by atoms with Crippen molar-refractivity contribution in [3.63, 3.8) is 0 Å². The summed E-state index contributed by atoms with van der Waals surface area (Å²) >= 11 is 5.35. The molecule has 25 heavy (non-hydrogen) atoms. The van der Waals surface area contributed by atoms with Gasteiger partial charge in [-0.25, -0.2) is 0 Å². The molecule has 0 aliphatic rings. The molecule has 0 fully saturated rings. The van der Waals surface area contributed by atoms with Crippen LogP contribution in [0, 0.1) is 13.8 Å². The van der Waals surface area contributed by atoms with Crippen LogP contribution >= 0.6 is 12.2 Å². The summed E-state index contributed by atoms with van der Waals surface area (Å²) in [4.78, 5) is 0. The largest absolute Gasteiger partial charge is 0.358 e. The zero-order chi connectivity index (χ0) is 17.6. The molecule has 2 N–H and O–H groups in total. The second kappa shape index (κ2) is 7.94. The molecule has 5 heteroatoms. The van der Waals surface area contributed by atoms with Gasteiger partial charge in [0, 0.05) is 12.7 Å². The number of rotatable bonds is 5. The van der Waals surface area contributed by atoms with Gasteiger partial charge in [0.05, 0.1) is 18.4 Å². The van der Waals surface area contributed by atoms with Gasteiger partial charge in [0.1, 0.15) is 0 Å². The number of aromatic nitrogens is 2. The van der Waals surface area contributed by atoms with Crippen LogP contribution in [0.15, 0.2) is 60.9 Å². The number of nitrogens with zero attached hydrogens (tertiary/aromatic N) is 2. The minimum Gasteiger partial charge on any atom is -0.358 e. The molecule has 0 saturated carbocycles. The van der Waals surface area contributed by atoms with Crippen LogP contribution in [0.1, 0.15) is 22.3 Å². The van der Waals surface area contributed by atoms with Crippen molar-refractivity contribution in [3.05, 3.63) is 83.2 Å². The van der Waals surface area contributed by atoms with Gasteiger partial charge in [0.25, 0.3) is 0 Å². The average Bonchev–Trinajstić information content (AvgIpc) is 3.03. The molecule has 0 bridgehead atoms. The maximum atomic E-state index is 5.35. The molecule has 0 radical (unpaired) electrons. The van der Waals surface area contributed by atoms with Gasteiger partial charge in [-0.3, -0.25) is 4.68 Å². The highest BCUT2D eigenvalue weighted by Crippen LogP contribution is 2.09. The topological polar surface area (TPSA) is 41.9 Å². The highest BCUT2D eigenvalue weighted by atomic mass is 32.1. The van der Waals surface area contributed by atoms with Gasteiger partial charge >= 0.3 is 0 Å². The molecule has 0 saturated heterocycles. The molecule has 0 unspecified atom stereocenters. The molecule has 3 aromatic rings. The molecule has 0 atom stereocenters. The van der Waals surface area contributed by atoms with E-state index in [1.165, 1.54) is 22.3 Å². The van der Waals surface area contributed by atoms with Crippen LogP contribution in [0.2, 0.25) is 0 Å². The van der Waals surface area contributed by atoms with E-state index in [1.807, 2.05) is 10.9 Å². The third-order valence-electron chi connectivity index (χ3n) is 3.93. The number of anilines is 1. The molecular weight excluding hydrogens is 328 g/mol. The van der Waals surface area contributed by atoms with Gasteiger partial charge in [0.15, 0.2) is 5.11 Å². The highest BCUT2D eigenvalue weighted by Gasteiger charge is 2.02. The average molecular weight is 350 g/mol. The van der Waals surface area contributed by atoms with E-state index >= 15 is 0 Å². The summed E-state index contributed by atoms with van der Waals surface area (Å²) in [5.74, 6) is 0. The summed E-state index contributed by atoms with van der Waals surface area (Å²) in [7, 11) is 0. The van der Waals surface area contributed by atoms with E-state index in [-0.39, 0.29) is 0 Å². The lowest BCUT2D eigenvalue weighted by Gasteiger charge is -2.09. The zero-order valence-electron chi connectivity index (χ0n) is 14.5. The number of nitrogens with one attached hydrogen (secondary N) is 2. The first kappa shape index (κ1) is 17.2. The SMILES string of the molecule is Cc1ccc(CNC(=S)Nc2cnn(Cc3ccc(C)cc3)c2)cc1. The Morgan fingerprint density at radius 1 is 0.960 bits per heavy atom. The quantitative estimate of drug-likeness (QED) is 0.682. The second-order valence-corrected chi connectivity index (χ2v) is 6.61. The molecule has 1 aromatic heterocycles. The summed E-state index contributed by atoms with van der Waals surface area (Å²) in [5, 5.41) is 11.4.